The Kier molecular flexibility index (Phi) is 3.23. The summed E-state index contributed by atoms with van der Waals surface area (Å²) in [6, 6.07) is 2.98. The predicted molar refractivity (Wildman–Crippen MR) is 72.0 cm³/mol. The van der Waals surface area contributed by atoms with Crippen LogP contribution in [0.25, 0.3) is 11.3 Å². The van der Waals surface area contributed by atoms with Gasteiger partial charge in [-0.1, -0.05) is 0 Å². The lowest BCUT2D eigenvalue weighted by molar-refractivity contribution is 0.0697. The first-order chi connectivity index (χ1) is 9.97. The maximum atomic E-state index is 13.9. The van der Waals surface area contributed by atoms with Crippen LogP contribution in [-0.2, 0) is 0 Å². The maximum Gasteiger partial charge on any atom is 0.339 e. The van der Waals surface area contributed by atoms with E-state index < -0.39 is 17.6 Å². The van der Waals surface area contributed by atoms with Crippen LogP contribution in [0.15, 0.2) is 24.4 Å². The third-order valence-electron chi connectivity index (χ3n) is 3.87. The molecule has 21 heavy (non-hydrogen) atoms. The van der Waals surface area contributed by atoms with E-state index >= 15 is 0 Å². The van der Waals surface area contributed by atoms with Gasteiger partial charge in [-0.25, -0.2) is 13.6 Å². The van der Waals surface area contributed by atoms with Gasteiger partial charge < -0.3 is 5.11 Å². The average Bonchev–Trinajstić information content (AvgIpc) is 3.19. The van der Waals surface area contributed by atoms with Crippen molar-refractivity contribution in [3.8, 4) is 11.3 Å². The van der Waals surface area contributed by atoms with Gasteiger partial charge in [0.25, 0.3) is 0 Å². The van der Waals surface area contributed by atoms with Crippen LogP contribution in [0.4, 0.5) is 8.78 Å². The monoisotopic (exact) mass is 292 g/mol. The number of carboxylic acid groups (broad SMARTS) is 1. The lowest BCUT2D eigenvalue weighted by atomic mass is 10.1. The minimum Gasteiger partial charge on any atom is -0.478 e. The summed E-state index contributed by atoms with van der Waals surface area (Å²) >= 11 is 0. The molecule has 0 radical (unpaired) electrons. The third-order valence-corrected chi connectivity index (χ3v) is 3.87. The highest BCUT2D eigenvalue weighted by Gasteiger charge is 2.31. The van der Waals surface area contributed by atoms with E-state index in [0.29, 0.717) is 5.92 Å². The minimum atomic E-state index is -1.21. The molecular weight excluding hydrogens is 278 g/mol. The Bertz CT molecular complexity index is 708. The van der Waals surface area contributed by atoms with Crippen LogP contribution in [0.2, 0.25) is 0 Å². The van der Waals surface area contributed by atoms with Crippen LogP contribution in [0.5, 0.6) is 0 Å². The van der Waals surface area contributed by atoms with E-state index in [0.717, 1.165) is 31.0 Å². The van der Waals surface area contributed by atoms with Gasteiger partial charge in [-0.2, -0.15) is 5.10 Å². The Labute approximate surface area is 120 Å². The van der Waals surface area contributed by atoms with Crippen molar-refractivity contribution in [3.63, 3.8) is 0 Å². The molecule has 6 heteroatoms. The summed E-state index contributed by atoms with van der Waals surface area (Å²) in [5, 5.41) is 13.5. The predicted octanol–water partition coefficient (Wildman–Crippen LogP) is 3.50. The molecule has 1 atom stereocenters. The van der Waals surface area contributed by atoms with Crippen molar-refractivity contribution in [1.82, 2.24) is 9.78 Å². The average molecular weight is 292 g/mol. The molecule has 0 bridgehead atoms. The van der Waals surface area contributed by atoms with Crippen molar-refractivity contribution < 1.29 is 18.7 Å². The summed E-state index contributed by atoms with van der Waals surface area (Å²) in [5.74, 6) is -2.06. The van der Waals surface area contributed by atoms with Crippen LogP contribution >= 0.6 is 0 Å². The smallest absolute Gasteiger partial charge is 0.339 e. The molecule has 1 saturated carbocycles. The Morgan fingerprint density at radius 3 is 2.76 bits per heavy atom. The quantitative estimate of drug-likeness (QED) is 0.938. The van der Waals surface area contributed by atoms with E-state index in [2.05, 4.69) is 5.10 Å². The number of halogens is 2. The van der Waals surface area contributed by atoms with E-state index in [9.17, 15) is 18.7 Å². The van der Waals surface area contributed by atoms with Crippen molar-refractivity contribution >= 4 is 5.97 Å². The number of carbonyl (C=O) groups is 1. The van der Waals surface area contributed by atoms with Gasteiger partial charge in [-0.05, 0) is 43.9 Å². The summed E-state index contributed by atoms with van der Waals surface area (Å²) in [5.41, 5.74) is -0.284. The molecule has 0 aliphatic heterocycles. The van der Waals surface area contributed by atoms with Crippen LogP contribution in [0.3, 0.4) is 0 Å². The van der Waals surface area contributed by atoms with E-state index in [1.54, 1.807) is 4.68 Å². The van der Waals surface area contributed by atoms with Gasteiger partial charge in [-0.15, -0.1) is 0 Å². The van der Waals surface area contributed by atoms with Crippen LogP contribution < -0.4 is 0 Å². The molecule has 0 saturated heterocycles. The number of hydrogen-bond acceptors (Lipinski definition) is 2. The Morgan fingerprint density at radius 2 is 2.14 bits per heavy atom. The fourth-order valence-corrected chi connectivity index (χ4v) is 2.43. The van der Waals surface area contributed by atoms with Gasteiger partial charge in [0.05, 0.1) is 6.04 Å². The second-order valence-electron chi connectivity index (χ2n) is 5.38. The van der Waals surface area contributed by atoms with Gasteiger partial charge in [-0.3, -0.25) is 4.68 Å². The van der Waals surface area contributed by atoms with Crippen molar-refractivity contribution in [2.75, 3.05) is 0 Å². The molecule has 1 aromatic heterocycles. The van der Waals surface area contributed by atoms with Gasteiger partial charge in [0.1, 0.15) is 22.9 Å². The van der Waals surface area contributed by atoms with Crippen LogP contribution in [0.1, 0.15) is 36.2 Å². The molecule has 1 aliphatic carbocycles. The van der Waals surface area contributed by atoms with Gasteiger partial charge in [0.15, 0.2) is 0 Å². The number of aromatic nitrogens is 2. The molecule has 2 aromatic rings. The standard InChI is InChI=1S/C15H14F2N2O2/c1-8(9-2-3-9)19-7-12(15(20)21)14(18-19)11-6-10(16)4-5-13(11)17/h4-9H,2-3H2,1H3,(H,20,21). The van der Waals surface area contributed by atoms with E-state index in [-0.39, 0.29) is 22.9 Å². The summed E-state index contributed by atoms with van der Waals surface area (Å²) in [6.45, 7) is 1.95. The SMILES string of the molecule is CC(C1CC1)n1cc(C(=O)O)c(-c2cc(F)ccc2F)n1. The lowest BCUT2D eigenvalue weighted by Gasteiger charge is -2.09. The van der Waals surface area contributed by atoms with Crippen LogP contribution in [-0.4, -0.2) is 20.9 Å². The molecule has 0 amide bonds. The Hall–Kier alpha value is -2.24. The molecule has 1 N–H and O–H groups in total. The third kappa shape index (κ3) is 2.53. The second kappa shape index (κ2) is 4.95. The summed E-state index contributed by atoms with van der Waals surface area (Å²) < 4.78 is 28.7. The first-order valence-electron chi connectivity index (χ1n) is 6.75. The second-order valence-corrected chi connectivity index (χ2v) is 5.38. The highest BCUT2D eigenvalue weighted by molar-refractivity contribution is 5.94. The molecule has 1 unspecified atom stereocenters. The van der Waals surface area contributed by atoms with Gasteiger partial charge in [0.2, 0.25) is 0 Å². The number of rotatable bonds is 4. The zero-order chi connectivity index (χ0) is 15.1. The van der Waals surface area contributed by atoms with E-state index in [1.165, 1.54) is 6.20 Å². The molecule has 1 aromatic carbocycles. The normalized spacial score (nSPS) is 16.0. The highest BCUT2D eigenvalue weighted by Crippen LogP contribution is 2.40. The molecular formula is C15H14F2N2O2. The molecule has 1 heterocycles. The zero-order valence-corrected chi connectivity index (χ0v) is 11.4. The zero-order valence-electron chi connectivity index (χ0n) is 11.4. The van der Waals surface area contributed by atoms with Crippen LogP contribution in [0, 0.1) is 17.6 Å². The van der Waals surface area contributed by atoms with E-state index in [4.69, 9.17) is 0 Å². The van der Waals surface area contributed by atoms with Crippen molar-refractivity contribution in [1.29, 1.82) is 0 Å². The van der Waals surface area contributed by atoms with Gasteiger partial charge in [0, 0.05) is 11.8 Å². The maximum absolute atomic E-state index is 13.9. The van der Waals surface area contributed by atoms with Gasteiger partial charge >= 0.3 is 5.97 Å². The molecule has 4 nitrogen and oxygen atoms in total. The largest absolute Gasteiger partial charge is 0.478 e. The first-order valence-corrected chi connectivity index (χ1v) is 6.75. The highest BCUT2D eigenvalue weighted by atomic mass is 19.1. The molecule has 1 aliphatic rings. The van der Waals surface area contributed by atoms with Crippen molar-refractivity contribution in [2.24, 2.45) is 5.92 Å². The number of benzene rings is 1. The Morgan fingerprint density at radius 1 is 1.43 bits per heavy atom. The lowest BCUT2D eigenvalue weighted by Crippen LogP contribution is -2.07. The Balaban J connectivity index is 2.11. The number of hydrogen-bond donors (Lipinski definition) is 1. The van der Waals surface area contributed by atoms with Crippen molar-refractivity contribution in [3.05, 3.63) is 41.6 Å². The molecule has 110 valence electrons. The van der Waals surface area contributed by atoms with Crippen molar-refractivity contribution in [2.45, 2.75) is 25.8 Å². The van der Waals surface area contributed by atoms with E-state index in [1.807, 2.05) is 6.92 Å². The number of nitrogens with zero attached hydrogens (tertiary/aromatic N) is 2. The minimum absolute atomic E-state index is 0.0352. The fourth-order valence-electron chi connectivity index (χ4n) is 2.43. The topological polar surface area (TPSA) is 55.1 Å². The first kappa shape index (κ1) is 13.7. The molecule has 1 fully saturated rings. The molecule has 0 spiro atoms. The summed E-state index contributed by atoms with van der Waals surface area (Å²) in [7, 11) is 0. The fraction of sp³-hybridized carbons (Fsp3) is 0.333. The number of aromatic carboxylic acids is 1. The summed E-state index contributed by atoms with van der Waals surface area (Å²) in [6.07, 6.45) is 3.55. The molecule has 3 rings (SSSR count). The number of carboxylic acids is 1. The summed E-state index contributed by atoms with van der Waals surface area (Å²) in [4.78, 5) is 11.3.